The van der Waals surface area contributed by atoms with E-state index in [9.17, 15) is 18.8 Å². The quantitative estimate of drug-likeness (QED) is 0.668. The van der Waals surface area contributed by atoms with Crippen molar-refractivity contribution in [1.29, 1.82) is 0 Å². The molecule has 0 spiro atoms. The molecule has 3 N–H and O–H groups in total. The summed E-state index contributed by atoms with van der Waals surface area (Å²) in [4.78, 5) is 37.3. The van der Waals surface area contributed by atoms with Crippen LogP contribution in [0.15, 0.2) is 42.5 Å². The average Bonchev–Trinajstić information content (AvgIpc) is 3.07. The molecule has 0 unspecified atom stereocenters. The first-order chi connectivity index (χ1) is 14.7. The zero-order valence-electron chi connectivity index (χ0n) is 17.4. The number of carbonyl (C=O) groups is 3. The minimum Gasteiger partial charge on any atom is -0.442 e. The third-order valence-corrected chi connectivity index (χ3v) is 4.86. The summed E-state index contributed by atoms with van der Waals surface area (Å²) in [6.07, 6.45) is -1.06. The van der Waals surface area contributed by atoms with Crippen LogP contribution in [0.1, 0.15) is 12.5 Å². The summed E-state index contributed by atoms with van der Waals surface area (Å²) in [5.74, 6) is -1.07. The summed E-state index contributed by atoms with van der Waals surface area (Å²) in [7, 11) is 1.79. The Morgan fingerprint density at radius 2 is 1.97 bits per heavy atom. The Morgan fingerprint density at radius 3 is 2.58 bits per heavy atom. The molecule has 1 atom stereocenters. The molecular formula is C22H25FN4O4. The number of ether oxygens (including phenoxy) is 1. The lowest BCUT2D eigenvalue weighted by molar-refractivity contribution is -0.120. The molecule has 2 aromatic carbocycles. The molecule has 0 bridgehead atoms. The van der Waals surface area contributed by atoms with E-state index < -0.39 is 23.9 Å². The van der Waals surface area contributed by atoms with Gasteiger partial charge in [-0.1, -0.05) is 24.3 Å². The van der Waals surface area contributed by atoms with E-state index in [-0.39, 0.29) is 25.5 Å². The van der Waals surface area contributed by atoms with Crippen molar-refractivity contribution >= 4 is 23.6 Å². The molecule has 0 saturated carbocycles. The van der Waals surface area contributed by atoms with Crippen LogP contribution in [0.2, 0.25) is 0 Å². The van der Waals surface area contributed by atoms with Crippen LogP contribution >= 0.6 is 0 Å². The molecule has 2 aromatic rings. The molecule has 0 aromatic heterocycles. The van der Waals surface area contributed by atoms with Crippen molar-refractivity contribution in [3.8, 4) is 11.1 Å². The standard InChI is InChI=1S/C22H25FN4O4/c1-14(28)25-10-18-12-27(22(30)31-18)17-7-8-19(20(23)9-17)16-5-3-15(4-6-16)11-26(2)13-21(24)29/h3-9,18H,10-13H2,1-2H3,(H2,24,29)(H,25,28)/t18-/m0/s1. The number of hydrogen-bond acceptors (Lipinski definition) is 5. The zero-order chi connectivity index (χ0) is 22.5. The van der Waals surface area contributed by atoms with E-state index in [0.29, 0.717) is 23.4 Å². The lowest BCUT2D eigenvalue weighted by atomic mass is 10.0. The van der Waals surface area contributed by atoms with Crippen molar-refractivity contribution in [1.82, 2.24) is 10.2 Å². The molecule has 3 rings (SSSR count). The first-order valence-electron chi connectivity index (χ1n) is 9.81. The van der Waals surface area contributed by atoms with Crippen LogP contribution in [0.25, 0.3) is 11.1 Å². The number of halogens is 1. The van der Waals surface area contributed by atoms with Crippen LogP contribution in [0.4, 0.5) is 14.9 Å². The van der Waals surface area contributed by atoms with Crippen molar-refractivity contribution in [2.45, 2.75) is 19.6 Å². The number of anilines is 1. The number of nitrogens with one attached hydrogen (secondary N) is 1. The molecule has 9 heteroatoms. The molecule has 0 radical (unpaired) electrons. The minimum absolute atomic E-state index is 0.155. The maximum absolute atomic E-state index is 14.8. The second kappa shape index (κ2) is 9.57. The molecule has 1 fully saturated rings. The Hall–Kier alpha value is -3.46. The number of primary amides is 1. The van der Waals surface area contributed by atoms with Gasteiger partial charge in [0, 0.05) is 19.0 Å². The monoisotopic (exact) mass is 428 g/mol. The van der Waals surface area contributed by atoms with Gasteiger partial charge in [0.05, 0.1) is 25.3 Å². The fourth-order valence-electron chi connectivity index (χ4n) is 3.43. The molecule has 1 aliphatic rings. The van der Waals surface area contributed by atoms with Crippen molar-refractivity contribution in [2.24, 2.45) is 5.73 Å². The smallest absolute Gasteiger partial charge is 0.414 e. The highest BCUT2D eigenvalue weighted by atomic mass is 19.1. The first kappa shape index (κ1) is 22.2. The summed E-state index contributed by atoms with van der Waals surface area (Å²) in [6.45, 7) is 2.52. The van der Waals surface area contributed by atoms with Gasteiger partial charge in [-0.3, -0.25) is 19.4 Å². The minimum atomic E-state index is -0.577. The van der Waals surface area contributed by atoms with E-state index in [0.717, 1.165) is 5.56 Å². The fraction of sp³-hybridized carbons (Fsp3) is 0.318. The molecule has 164 valence electrons. The van der Waals surface area contributed by atoms with Crippen LogP contribution in [0.3, 0.4) is 0 Å². The van der Waals surface area contributed by atoms with Crippen LogP contribution < -0.4 is 16.0 Å². The predicted molar refractivity (Wildman–Crippen MR) is 114 cm³/mol. The normalized spacial score (nSPS) is 15.8. The van der Waals surface area contributed by atoms with E-state index in [1.54, 1.807) is 36.2 Å². The third-order valence-electron chi connectivity index (χ3n) is 4.86. The van der Waals surface area contributed by atoms with Gasteiger partial charge in [0.15, 0.2) is 0 Å². The number of amides is 3. The Balaban J connectivity index is 1.69. The summed E-state index contributed by atoms with van der Waals surface area (Å²) in [5, 5.41) is 2.60. The van der Waals surface area contributed by atoms with Crippen molar-refractivity contribution < 1.29 is 23.5 Å². The topological polar surface area (TPSA) is 105 Å². The molecular weight excluding hydrogens is 403 g/mol. The molecule has 3 amide bonds. The average molecular weight is 428 g/mol. The molecule has 8 nitrogen and oxygen atoms in total. The van der Waals surface area contributed by atoms with Crippen molar-refractivity contribution in [3.63, 3.8) is 0 Å². The molecule has 1 heterocycles. The van der Waals surface area contributed by atoms with Gasteiger partial charge in [0.25, 0.3) is 0 Å². The second-order valence-corrected chi connectivity index (χ2v) is 7.55. The highest BCUT2D eigenvalue weighted by molar-refractivity contribution is 5.90. The molecule has 31 heavy (non-hydrogen) atoms. The number of carbonyl (C=O) groups excluding carboxylic acids is 3. The van der Waals surface area contributed by atoms with E-state index in [1.165, 1.54) is 17.9 Å². The van der Waals surface area contributed by atoms with E-state index in [2.05, 4.69) is 5.32 Å². The van der Waals surface area contributed by atoms with Crippen LogP contribution in [0.5, 0.6) is 0 Å². The maximum Gasteiger partial charge on any atom is 0.414 e. The Bertz CT molecular complexity index is 980. The van der Waals surface area contributed by atoms with Gasteiger partial charge >= 0.3 is 6.09 Å². The maximum atomic E-state index is 14.8. The van der Waals surface area contributed by atoms with Crippen LogP contribution in [0, 0.1) is 5.82 Å². The van der Waals surface area contributed by atoms with E-state index in [4.69, 9.17) is 10.5 Å². The number of rotatable bonds is 8. The first-order valence-corrected chi connectivity index (χ1v) is 9.81. The number of likely N-dealkylation sites (N-methyl/N-ethyl adjacent to an activating group) is 1. The van der Waals surface area contributed by atoms with Gasteiger partial charge in [-0.25, -0.2) is 9.18 Å². The fourth-order valence-corrected chi connectivity index (χ4v) is 3.43. The number of nitrogens with two attached hydrogens (primary N) is 1. The van der Waals surface area contributed by atoms with Gasteiger partial charge in [0.2, 0.25) is 11.8 Å². The lowest BCUT2D eigenvalue weighted by Gasteiger charge is -2.16. The third kappa shape index (κ3) is 5.79. The second-order valence-electron chi connectivity index (χ2n) is 7.55. The van der Waals surface area contributed by atoms with Gasteiger partial charge in [0.1, 0.15) is 11.9 Å². The largest absolute Gasteiger partial charge is 0.442 e. The Morgan fingerprint density at radius 1 is 1.26 bits per heavy atom. The molecule has 0 aliphatic carbocycles. The molecule has 1 saturated heterocycles. The highest BCUT2D eigenvalue weighted by Crippen LogP contribution is 2.29. The van der Waals surface area contributed by atoms with Crippen LogP contribution in [-0.2, 0) is 20.9 Å². The highest BCUT2D eigenvalue weighted by Gasteiger charge is 2.32. The number of nitrogens with zero attached hydrogens (tertiary/aromatic N) is 2. The van der Waals surface area contributed by atoms with Crippen LogP contribution in [-0.4, -0.2) is 55.6 Å². The van der Waals surface area contributed by atoms with Gasteiger partial charge < -0.3 is 15.8 Å². The van der Waals surface area contributed by atoms with Gasteiger partial charge in [-0.15, -0.1) is 0 Å². The van der Waals surface area contributed by atoms with E-state index in [1.807, 2.05) is 12.1 Å². The summed E-state index contributed by atoms with van der Waals surface area (Å²) in [5.41, 5.74) is 7.65. The predicted octanol–water partition coefficient (Wildman–Crippen LogP) is 1.87. The zero-order valence-corrected chi connectivity index (χ0v) is 17.4. The summed E-state index contributed by atoms with van der Waals surface area (Å²) < 4.78 is 20.0. The Kier molecular flexibility index (Phi) is 6.86. The lowest BCUT2D eigenvalue weighted by Crippen LogP contribution is -2.33. The summed E-state index contributed by atoms with van der Waals surface area (Å²) in [6, 6.07) is 11.9. The Labute approximate surface area is 179 Å². The number of cyclic esters (lactones) is 1. The van der Waals surface area contributed by atoms with E-state index >= 15 is 0 Å². The SMILES string of the molecule is CC(=O)NC[C@H]1CN(c2ccc(-c3ccc(CN(C)CC(N)=O)cc3)c(F)c2)C(=O)O1. The van der Waals surface area contributed by atoms with Crippen molar-refractivity contribution in [3.05, 3.63) is 53.8 Å². The van der Waals surface area contributed by atoms with Crippen molar-refractivity contribution in [2.75, 3.05) is 31.6 Å². The van der Waals surface area contributed by atoms with Gasteiger partial charge in [-0.05, 0) is 36.4 Å². The number of benzene rings is 2. The van der Waals surface area contributed by atoms with Gasteiger partial charge in [-0.2, -0.15) is 0 Å². The molecule has 1 aliphatic heterocycles. The summed E-state index contributed by atoms with van der Waals surface area (Å²) >= 11 is 0. The number of hydrogen-bond donors (Lipinski definition) is 2.